The number of rotatable bonds is 4. The van der Waals surface area contributed by atoms with Crippen LogP contribution in [0.5, 0.6) is 11.5 Å². The first kappa shape index (κ1) is 16.4. The number of hydrogen-bond acceptors (Lipinski definition) is 4. The van der Waals surface area contributed by atoms with Crippen molar-refractivity contribution in [2.45, 2.75) is 0 Å². The van der Waals surface area contributed by atoms with Crippen molar-refractivity contribution in [3.63, 3.8) is 0 Å². The highest BCUT2D eigenvalue weighted by Gasteiger charge is 2.24. The van der Waals surface area contributed by atoms with Crippen molar-refractivity contribution < 1.29 is 14.3 Å². The van der Waals surface area contributed by atoms with Gasteiger partial charge in [-0.05, 0) is 24.3 Å². The SMILES string of the molecule is COc1ccccc1/C=C1\CS/C(=C\c2ccccc2OC)C1=O. The number of methoxy groups -OCH3 is 2. The Morgan fingerprint density at radius 1 is 0.875 bits per heavy atom. The van der Waals surface area contributed by atoms with E-state index in [0.29, 0.717) is 5.75 Å². The van der Waals surface area contributed by atoms with Crippen molar-refractivity contribution in [3.05, 3.63) is 70.1 Å². The summed E-state index contributed by atoms with van der Waals surface area (Å²) < 4.78 is 10.7. The molecular formula is C20H18O3S. The first-order chi connectivity index (χ1) is 11.7. The molecular weight excluding hydrogens is 320 g/mol. The molecule has 0 amide bonds. The molecule has 3 rings (SSSR count). The lowest BCUT2D eigenvalue weighted by Gasteiger charge is -2.05. The quantitative estimate of drug-likeness (QED) is 0.772. The first-order valence-electron chi connectivity index (χ1n) is 7.58. The molecule has 2 aromatic rings. The van der Waals surface area contributed by atoms with Crippen LogP contribution in [-0.4, -0.2) is 25.8 Å². The second-order valence-corrected chi connectivity index (χ2v) is 6.30. The van der Waals surface area contributed by atoms with Crippen LogP contribution in [0.1, 0.15) is 11.1 Å². The summed E-state index contributed by atoms with van der Waals surface area (Å²) in [6, 6.07) is 15.4. The molecule has 1 aliphatic heterocycles. The Morgan fingerprint density at radius 3 is 2.00 bits per heavy atom. The maximum absolute atomic E-state index is 12.7. The highest BCUT2D eigenvalue weighted by Crippen LogP contribution is 2.36. The van der Waals surface area contributed by atoms with Crippen LogP contribution in [-0.2, 0) is 4.79 Å². The number of para-hydroxylation sites is 2. The van der Waals surface area contributed by atoms with Gasteiger partial charge in [0.15, 0.2) is 5.78 Å². The van der Waals surface area contributed by atoms with Gasteiger partial charge < -0.3 is 9.47 Å². The number of Topliss-reactive ketones (excluding diaryl/α,β-unsaturated/α-hetero) is 1. The molecule has 4 heteroatoms. The highest BCUT2D eigenvalue weighted by atomic mass is 32.2. The van der Waals surface area contributed by atoms with E-state index in [1.54, 1.807) is 26.0 Å². The van der Waals surface area contributed by atoms with E-state index < -0.39 is 0 Å². The molecule has 0 aliphatic carbocycles. The van der Waals surface area contributed by atoms with E-state index in [0.717, 1.165) is 33.1 Å². The Morgan fingerprint density at radius 2 is 1.42 bits per heavy atom. The maximum Gasteiger partial charge on any atom is 0.196 e. The lowest BCUT2D eigenvalue weighted by atomic mass is 10.1. The first-order valence-corrected chi connectivity index (χ1v) is 8.57. The molecule has 0 bridgehead atoms. The fourth-order valence-electron chi connectivity index (χ4n) is 2.56. The molecule has 0 spiro atoms. The molecule has 0 N–H and O–H groups in total. The lowest BCUT2D eigenvalue weighted by molar-refractivity contribution is -0.111. The molecule has 0 atom stereocenters. The number of ketones is 1. The Kier molecular flexibility index (Phi) is 5.06. The summed E-state index contributed by atoms with van der Waals surface area (Å²) in [6.45, 7) is 0. The molecule has 3 nitrogen and oxygen atoms in total. The molecule has 0 aromatic heterocycles. The smallest absolute Gasteiger partial charge is 0.196 e. The van der Waals surface area contributed by atoms with Gasteiger partial charge in [0.1, 0.15) is 11.5 Å². The summed E-state index contributed by atoms with van der Waals surface area (Å²) in [6.07, 6.45) is 3.81. The van der Waals surface area contributed by atoms with Crippen LogP contribution in [0.2, 0.25) is 0 Å². The number of allylic oxidation sites excluding steroid dienone is 1. The van der Waals surface area contributed by atoms with Gasteiger partial charge in [-0.15, -0.1) is 11.8 Å². The highest BCUT2D eigenvalue weighted by molar-refractivity contribution is 8.05. The van der Waals surface area contributed by atoms with Gasteiger partial charge in [-0.2, -0.15) is 0 Å². The third-order valence-corrected chi connectivity index (χ3v) is 4.86. The predicted molar refractivity (Wildman–Crippen MR) is 99.4 cm³/mol. The Bertz CT molecular complexity index is 754. The Hall–Kier alpha value is -2.46. The Labute approximate surface area is 146 Å². The summed E-state index contributed by atoms with van der Waals surface area (Å²) in [5.41, 5.74) is 2.61. The topological polar surface area (TPSA) is 35.5 Å². The third kappa shape index (κ3) is 3.39. The van der Waals surface area contributed by atoms with Crippen LogP contribution >= 0.6 is 11.8 Å². The molecule has 1 saturated heterocycles. The van der Waals surface area contributed by atoms with Crippen LogP contribution in [0.25, 0.3) is 12.2 Å². The van der Waals surface area contributed by atoms with Crippen molar-refractivity contribution in [2.24, 2.45) is 0 Å². The van der Waals surface area contributed by atoms with E-state index in [4.69, 9.17) is 9.47 Å². The van der Waals surface area contributed by atoms with E-state index in [1.165, 1.54) is 0 Å². The van der Waals surface area contributed by atoms with Crippen molar-refractivity contribution in [1.82, 2.24) is 0 Å². The van der Waals surface area contributed by atoms with E-state index in [9.17, 15) is 4.79 Å². The van der Waals surface area contributed by atoms with Crippen molar-refractivity contribution in [1.29, 1.82) is 0 Å². The summed E-state index contributed by atoms with van der Waals surface area (Å²) in [7, 11) is 3.27. The maximum atomic E-state index is 12.7. The lowest BCUT2D eigenvalue weighted by Crippen LogP contribution is -1.97. The van der Waals surface area contributed by atoms with Gasteiger partial charge in [-0.1, -0.05) is 36.4 Å². The van der Waals surface area contributed by atoms with E-state index in [-0.39, 0.29) is 5.78 Å². The molecule has 0 saturated carbocycles. The van der Waals surface area contributed by atoms with Gasteiger partial charge in [-0.3, -0.25) is 4.79 Å². The van der Waals surface area contributed by atoms with Crippen LogP contribution in [0, 0.1) is 0 Å². The zero-order chi connectivity index (χ0) is 16.9. The monoisotopic (exact) mass is 338 g/mol. The molecule has 0 radical (unpaired) electrons. The van der Waals surface area contributed by atoms with Crippen LogP contribution in [0.4, 0.5) is 0 Å². The predicted octanol–water partition coefficient (Wildman–Crippen LogP) is 4.44. The second-order valence-electron chi connectivity index (χ2n) is 5.28. The largest absolute Gasteiger partial charge is 0.496 e. The Balaban J connectivity index is 1.90. The number of ether oxygens (including phenoxy) is 2. The fourth-order valence-corrected chi connectivity index (χ4v) is 3.56. The number of thioether (sulfide) groups is 1. The minimum Gasteiger partial charge on any atom is -0.496 e. The van der Waals surface area contributed by atoms with Gasteiger partial charge in [-0.25, -0.2) is 0 Å². The van der Waals surface area contributed by atoms with Gasteiger partial charge in [0.2, 0.25) is 0 Å². The van der Waals surface area contributed by atoms with Gasteiger partial charge in [0, 0.05) is 22.5 Å². The zero-order valence-corrected chi connectivity index (χ0v) is 14.4. The average Bonchev–Trinajstić information content (AvgIpc) is 2.96. The molecule has 122 valence electrons. The molecule has 1 aliphatic rings. The molecule has 1 fully saturated rings. The standard InChI is InChI=1S/C20H18O3S/c1-22-17-9-5-3-7-14(17)11-16-13-24-19(20(16)21)12-15-8-4-6-10-18(15)23-2/h3-12H,13H2,1-2H3/b16-11+,19-12-. The average molecular weight is 338 g/mol. The third-order valence-electron chi connectivity index (χ3n) is 3.79. The zero-order valence-electron chi connectivity index (χ0n) is 13.6. The summed E-state index contributed by atoms with van der Waals surface area (Å²) >= 11 is 1.55. The van der Waals surface area contributed by atoms with Crippen molar-refractivity contribution in [2.75, 3.05) is 20.0 Å². The van der Waals surface area contributed by atoms with Crippen LogP contribution in [0.15, 0.2) is 59.0 Å². The number of hydrogen-bond donors (Lipinski definition) is 0. The molecule has 24 heavy (non-hydrogen) atoms. The van der Waals surface area contributed by atoms with Gasteiger partial charge in [0.25, 0.3) is 0 Å². The second kappa shape index (κ2) is 7.41. The minimum absolute atomic E-state index is 0.0665. The van der Waals surface area contributed by atoms with Crippen molar-refractivity contribution >= 4 is 29.7 Å². The number of benzene rings is 2. The summed E-state index contributed by atoms with van der Waals surface area (Å²) in [5.74, 6) is 2.26. The van der Waals surface area contributed by atoms with Crippen molar-refractivity contribution in [3.8, 4) is 11.5 Å². The summed E-state index contributed by atoms with van der Waals surface area (Å²) in [5, 5.41) is 0. The van der Waals surface area contributed by atoms with Gasteiger partial charge >= 0.3 is 0 Å². The fraction of sp³-hybridized carbons (Fsp3) is 0.150. The van der Waals surface area contributed by atoms with Crippen LogP contribution in [0.3, 0.4) is 0 Å². The summed E-state index contributed by atoms with van der Waals surface area (Å²) in [4.78, 5) is 13.4. The molecule has 2 aromatic carbocycles. The number of carbonyl (C=O) groups excluding carboxylic acids is 1. The van der Waals surface area contributed by atoms with E-state index in [2.05, 4.69) is 0 Å². The van der Waals surface area contributed by atoms with E-state index in [1.807, 2.05) is 60.7 Å². The molecule has 0 unspecified atom stereocenters. The van der Waals surface area contributed by atoms with Gasteiger partial charge in [0.05, 0.1) is 19.1 Å². The van der Waals surface area contributed by atoms with Crippen LogP contribution < -0.4 is 9.47 Å². The normalized spacial score (nSPS) is 17.5. The number of carbonyl (C=O) groups is 1. The minimum atomic E-state index is 0.0665. The molecule has 1 heterocycles. The van der Waals surface area contributed by atoms with E-state index >= 15 is 0 Å².